The summed E-state index contributed by atoms with van der Waals surface area (Å²) in [5, 5.41) is 0. The zero-order chi connectivity index (χ0) is 13.1. The molecule has 1 unspecified atom stereocenters. The number of nitrogens with zero attached hydrogens (tertiary/aromatic N) is 3. The monoisotopic (exact) mass is 252 g/mol. The van der Waals surface area contributed by atoms with Gasteiger partial charge in [-0.1, -0.05) is 0 Å². The molecule has 1 aliphatic rings. The third-order valence-electron chi connectivity index (χ3n) is 3.17. The third kappa shape index (κ3) is 2.88. The fourth-order valence-corrected chi connectivity index (χ4v) is 1.94. The summed E-state index contributed by atoms with van der Waals surface area (Å²) in [5.41, 5.74) is 5.82. The molecule has 6 heteroatoms. The summed E-state index contributed by atoms with van der Waals surface area (Å²) in [5.74, 6) is 0.821. The first kappa shape index (κ1) is 13.0. The van der Waals surface area contributed by atoms with Gasteiger partial charge in [0.05, 0.1) is 13.2 Å². The number of nitrogens with two attached hydrogens (primary N) is 1. The summed E-state index contributed by atoms with van der Waals surface area (Å²) in [6.45, 7) is 0.771. The smallest absolute Gasteiger partial charge is 0.242 e. The fourth-order valence-electron chi connectivity index (χ4n) is 1.94. The van der Waals surface area contributed by atoms with Crippen molar-refractivity contribution in [3.63, 3.8) is 0 Å². The summed E-state index contributed by atoms with van der Waals surface area (Å²) < 4.78 is 6.86. The van der Waals surface area contributed by atoms with E-state index in [1.807, 2.05) is 22.7 Å². The van der Waals surface area contributed by atoms with Crippen LogP contribution < -0.4 is 5.73 Å². The lowest BCUT2D eigenvalue weighted by Crippen LogP contribution is -2.47. The van der Waals surface area contributed by atoms with Crippen molar-refractivity contribution in [3.05, 3.63) is 18.2 Å². The number of hydrogen-bond donors (Lipinski definition) is 1. The SMILES string of the molecule is COCC(N)C(=O)N(Cc1nccn1C)C1CC1. The van der Waals surface area contributed by atoms with E-state index in [2.05, 4.69) is 4.98 Å². The van der Waals surface area contributed by atoms with Gasteiger partial charge >= 0.3 is 0 Å². The first-order valence-corrected chi connectivity index (χ1v) is 6.14. The number of ether oxygens (including phenoxy) is 1. The number of carbonyl (C=O) groups excluding carboxylic acids is 1. The average molecular weight is 252 g/mol. The zero-order valence-electron chi connectivity index (χ0n) is 10.9. The Labute approximate surface area is 107 Å². The lowest BCUT2D eigenvalue weighted by atomic mass is 10.2. The van der Waals surface area contributed by atoms with Crippen LogP contribution in [0, 0.1) is 0 Å². The Hall–Kier alpha value is -1.40. The Morgan fingerprint density at radius 2 is 2.44 bits per heavy atom. The van der Waals surface area contributed by atoms with E-state index in [4.69, 9.17) is 10.5 Å². The maximum absolute atomic E-state index is 12.2. The third-order valence-corrected chi connectivity index (χ3v) is 3.17. The van der Waals surface area contributed by atoms with Crippen LogP contribution >= 0.6 is 0 Å². The number of imidazole rings is 1. The second-order valence-electron chi connectivity index (χ2n) is 4.71. The van der Waals surface area contributed by atoms with Gasteiger partial charge in [-0.3, -0.25) is 4.79 Å². The van der Waals surface area contributed by atoms with Gasteiger partial charge in [0.2, 0.25) is 5.91 Å². The normalized spacial score (nSPS) is 16.6. The second kappa shape index (κ2) is 5.49. The molecule has 1 fully saturated rings. The molecule has 0 bridgehead atoms. The lowest BCUT2D eigenvalue weighted by molar-refractivity contribution is -0.135. The lowest BCUT2D eigenvalue weighted by Gasteiger charge is -2.25. The summed E-state index contributed by atoms with van der Waals surface area (Å²) in [7, 11) is 3.47. The summed E-state index contributed by atoms with van der Waals surface area (Å²) in [6.07, 6.45) is 5.71. The minimum absolute atomic E-state index is 0.0534. The van der Waals surface area contributed by atoms with E-state index in [1.54, 1.807) is 13.3 Å². The molecule has 0 aromatic carbocycles. The van der Waals surface area contributed by atoms with Crippen molar-refractivity contribution in [2.45, 2.75) is 31.5 Å². The molecule has 1 aromatic rings. The molecule has 0 saturated heterocycles. The van der Waals surface area contributed by atoms with Crippen molar-refractivity contribution in [1.82, 2.24) is 14.5 Å². The Bertz CT molecular complexity index is 414. The zero-order valence-corrected chi connectivity index (χ0v) is 10.9. The van der Waals surface area contributed by atoms with Gasteiger partial charge in [-0.05, 0) is 12.8 Å². The van der Waals surface area contributed by atoms with Crippen LogP contribution in [0.25, 0.3) is 0 Å². The largest absolute Gasteiger partial charge is 0.383 e. The number of methoxy groups -OCH3 is 1. The predicted molar refractivity (Wildman–Crippen MR) is 66.6 cm³/mol. The van der Waals surface area contributed by atoms with Crippen LogP contribution in [0.15, 0.2) is 12.4 Å². The molecule has 1 heterocycles. The molecule has 1 aliphatic carbocycles. The predicted octanol–water partition coefficient (Wildman–Crippen LogP) is -0.115. The minimum Gasteiger partial charge on any atom is -0.383 e. The molecule has 2 rings (SSSR count). The summed E-state index contributed by atoms with van der Waals surface area (Å²) >= 11 is 0. The van der Waals surface area contributed by atoms with E-state index in [0.29, 0.717) is 12.6 Å². The van der Waals surface area contributed by atoms with Crippen molar-refractivity contribution in [2.24, 2.45) is 12.8 Å². The molecule has 100 valence electrons. The van der Waals surface area contributed by atoms with Gasteiger partial charge in [-0.2, -0.15) is 0 Å². The topological polar surface area (TPSA) is 73.4 Å². The first-order chi connectivity index (χ1) is 8.63. The van der Waals surface area contributed by atoms with Crippen molar-refractivity contribution < 1.29 is 9.53 Å². The van der Waals surface area contributed by atoms with Gasteiger partial charge in [0, 0.05) is 32.6 Å². The van der Waals surface area contributed by atoms with Crippen molar-refractivity contribution in [1.29, 1.82) is 0 Å². The van der Waals surface area contributed by atoms with Gasteiger partial charge in [-0.25, -0.2) is 4.98 Å². The molecule has 1 aromatic heterocycles. The van der Waals surface area contributed by atoms with E-state index < -0.39 is 6.04 Å². The highest BCUT2D eigenvalue weighted by atomic mass is 16.5. The second-order valence-corrected chi connectivity index (χ2v) is 4.71. The highest BCUT2D eigenvalue weighted by Crippen LogP contribution is 2.28. The van der Waals surface area contributed by atoms with Crippen LogP contribution in [-0.2, 0) is 23.1 Å². The molecule has 1 amide bonds. The van der Waals surface area contributed by atoms with Crippen LogP contribution in [-0.4, -0.2) is 46.2 Å². The molecular weight excluding hydrogens is 232 g/mol. The van der Waals surface area contributed by atoms with Crippen LogP contribution in [0.3, 0.4) is 0 Å². The van der Waals surface area contributed by atoms with Gasteiger partial charge in [0.1, 0.15) is 11.9 Å². The Morgan fingerprint density at radius 3 is 2.94 bits per heavy atom. The highest BCUT2D eigenvalue weighted by Gasteiger charge is 2.35. The molecule has 2 N–H and O–H groups in total. The highest BCUT2D eigenvalue weighted by molar-refractivity contribution is 5.82. The summed E-state index contributed by atoms with van der Waals surface area (Å²) in [4.78, 5) is 18.3. The van der Waals surface area contributed by atoms with E-state index >= 15 is 0 Å². The van der Waals surface area contributed by atoms with Gasteiger partial charge in [0.15, 0.2) is 0 Å². The van der Waals surface area contributed by atoms with E-state index in [0.717, 1.165) is 18.7 Å². The van der Waals surface area contributed by atoms with Gasteiger partial charge < -0.3 is 19.9 Å². The van der Waals surface area contributed by atoms with Crippen molar-refractivity contribution in [3.8, 4) is 0 Å². The van der Waals surface area contributed by atoms with Crippen molar-refractivity contribution in [2.75, 3.05) is 13.7 Å². The number of amides is 1. The Kier molecular flexibility index (Phi) is 3.98. The fraction of sp³-hybridized carbons (Fsp3) is 0.667. The van der Waals surface area contributed by atoms with E-state index in [1.165, 1.54) is 0 Å². The number of carbonyl (C=O) groups is 1. The van der Waals surface area contributed by atoms with Crippen LogP contribution in [0.1, 0.15) is 18.7 Å². The standard InChI is InChI=1S/C12H20N4O2/c1-15-6-5-14-11(15)7-16(9-3-4-9)12(17)10(13)8-18-2/h5-6,9-10H,3-4,7-8,13H2,1-2H3. The maximum Gasteiger partial charge on any atom is 0.242 e. The number of hydrogen-bond acceptors (Lipinski definition) is 4. The maximum atomic E-state index is 12.2. The Morgan fingerprint density at radius 1 is 1.72 bits per heavy atom. The number of rotatable bonds is 6. The Balaban J connectivity index is 2.04. The van der Waals surface area contributed by atoms with Crippen LogP contribution in [0.2, 0.25) is 0 Å². The molecule has 1 atom stereocenters. The van der Waals surface area contributed by atoms with Crippen molar-refractivity contribution >= 4 is 5.91 Å². The molecule has 0 aliphatic heterocycles. The number of aromatic nitrogens is 2. The molecule has 0 radical (unpaired) electrons. The molecule has 6 nitrogen and oxygen atoms in total. The molecular formula is C12H20N4O2. The summed E-state index contributed by atoms with van der Waals surface area (Å²) in [6, 6.07) is -0.270. The quantitative estimate of drug-likeness (QED) is 0.766. The first-order valence-electron chi connectivity index (χ1n) is 6.14. The van der Waals surface area contributed by atoms with Gasteiger partial charge in [-0.15, -0.1) is 0 Å². The minimum atomic E-state index is -0.587. The van der Waals surface area contributed by atoms with Crippen LogP contribution in [0.4, 0.5) is 0 Å². The molecule has 18 heavy (non-hydrogen) atoms. The van der Waals surface area contributed by atoms with E-state index in [9.17, 15) is 4.79 Å². The van der Waals surface area contributed by atoms with Crippen LogP contribution in [0.5, 0.6) is 0 Å². The number of aryl methyl sites for hydroxylation is 1. The molecule has 1 saturated carbocycles. The average Bonchev–Trinajstić information content (AvgIpc) is 3.10. The van der Waals surface area contributed by atoms with Gasteiger partial charge in [0.25, 0.3) is 0 Å². The van der Waals surface area contributed by atoms with E-state index in [-0.39, 0.29) is 12.5 Å². The molecule has 0 spiro atoms.